The van der Waals surface area contributed by atoms with Gasteiger partial charge in [0.05, 0.1) is 0 Å². The zero-order valence-electron chi connectivity index (χ0n) is 13.6. The van der Waals surface area contributed by atoms with Gasteiger partial charge < -0.3 is 9.80 Å². The van der Waals surface area contributed by atoms with Crippen molar-refractivity contribution in [1.29, 1.82) is 0 Å². The molecular formula is C17H30N2O2. The molecule has 2 heterocycles. The summed E-state index contributed by atoms with van der Waals surface area (Å²) in [5.74, 6) is 0.659. The van der Waals surface area contributed by atoms with E-state index in [9.17, 15) is 9.59 Å². The predicted molar refractivity (Wildman–Crippen MR) is 83.9 cm³/mol. The molecule has 21 heavy (non-hydrogen) atoms. The van der Waals surface area contributed by atoms with Crippen LogP contribution in [-0.4, -0.2) is 46.8 Å². The number of carbonyl (C=O) groups is 2. The number of carbonyl (C=O) groups excluding carboxylic acids is 2. The Balaban J connectivity index is 1.41. The fourth-order valence-corrected chi connectivity index (χ4v) is 3.14. The van der Waals surface area contributed by atoms with Crippen molar-refractivity contribution >= 4 is 11.8 Å². The first-order valence-corrected chi connectivity index (χ1v) is 8.68. The van der Waals surface area contributed by atoms with Crippen LogP contribution in [0.25, 0.3) is 0 Å². The van der Waals surface area contributed by atoms with E-state index in [2.05, 4.69) is 13.8 Å². The molecule has 0 spiro atoms. The lowest BCUT2D eigenvalue weighted by atomic mass is 10.0. The molecule has 0 bridgehead atoms. The number of nitrogens with zero attached hydrogens (tertiary/aromatic N) is 2. The van der Waals surface area contributed by atoms with E-state index in [1.807, 2.05) is 9.80 Å². The zero-order chi connectivity index (χ0) is 15.2. The van der Waals surface area contributed by atoms with Gasteiger partial charge in [0, 0.05) is 38.0 Å². The Hall–Kier alpha value is -1.06. The average molecular weight is 294 g/mol. The van der Waals surface area contributed by atoms with Gasteiger partial charge in [-0.05, 0) is 39.5 Å². The van der Waals surface area contributed by atoms with E-state index >= 15 is 0 Å². The highest BCUT2D eigenvalue weighted by molar-refractivity contribution is 5.77. The fraction of sp³-hybridized carbons (Fsp3) is 0.882. The summed E-state index contributed by atoms with van der Waals surface area (Å²) in [6, 6.07) is 0.930. The summed E-state index contributed by atoms with van der Waals surface area (Å²) in [5, 5.41) is 0. The summed E-state index contributed by atoms with van der Waals surface area (Å²) in [4.78, 5) is 27.7. The van der Waals surface area contributed by atoms with Gasteiger partial charge >= 0.3 is 0 Å². The molecule has 0 saturated carbocycles. The topological polar surface area (TPSA) is 40.6 Å². The molecule has 2 fully saturated rings. The molecule has 2 rings (SSSR count). The van der Waals surface area contributed by atoms with Crippen LogP contribution >= 0.6 is 0 Å². The van der Waals surface area contributed by atoms with Crippen LogP contribution in [0.3, 0.4) is 0 Å². The van der Waals surface area contributed by atoms with Crippen LogP contribution in [0.5, 0.6) is 0 Å². The van der Waals surface area contributed by atoms with Crippen molar-refractivity contribution < 1.29 is 9.59 Å². The number of hydrogen-bond donors (Lipinski definition) is 0. The Morgan fingerprint density at radius 3 is 1.43 bits per heavy atom. The van der Waals surface area contributed by atoms with Gasteiger partial charge in [0.1, 0.15) is 0 Å². The lowest BCUT2D eigenvalue weighted by Crippen LogP contribution is -2.49. The second kappa shape index (κ2) is 7.81. The molecule has 0 aromatic carbocycles. The quantitative estimate of drug-likeness (QED) is 0.646. The molecule has 2 amide bonds. The van der Waals surface area contributed by atoms with Crippen molar-refractivity contribution in [1.82, 2.24) is 9.80 Å². The van der Waals surface area contributed by atoms with Crippen molar-refractivity contribution in [3.63, 3.8) is 0 Å². The summed E-state index contributed by atoms with van der Waals surface area (Å²) in [7, 11) is 0. The summed E-state index contributed by atoms with van der Waals surface area (Å²) in [6.45, 7) is 6.16. The lowest BCUT2D eigenvalue weighted by molar-refractivity contribution is -0.139. The highest BCUT2D eigenvalue weighted by Crippen LogP contribution is 2.20. The van der Waals surface area contributed by atoms with E-state index in [4.69, 9.17) is 0 Å². The largest absolute Gasteiger partial charge is 0.340 e. The number of hydrogen-bond acceptors (Lipinski definition) is 2. The van der Waals surface area contributed by atoms with E-state index in [0.29, 0.717) is 36.7 Å². The van der Waals surface area contributed by atoms with Crippen molar-refractivity contribution in [2.75, 3.05) is 13.1 Å². The van der Waals surface area contributed by atoms with Crippen LogP contribution in [0.2, 0.25) is 0 Å². The van der Waals surface area contributed by atoms with Gasteiger partial charge in [-0.2, -0.15) is 0 Å². The van der Waals surface area contributed by atoms with Gasteiger partial charge in [-0.15, -0.1) is 0 Å². The van der Waals surface area contributed by atoms with Gasteiger partial charge in [0.2, 0.25) is 11.8 Å². The SMILES string of the molecule is CC1CCN1C(=O)CCCCCCCC(=O)N1CCC1C. The molecule has 4 heteroatoms. The Bertz CT molecular complexity index is 336. The maximum absolute atomic E-state index is 11.8. The van der Waals surface area contributed by atoms with Crippen LogP contribution in [0, 0.1) is 0 Å². The average Bonchev–Trinajstić information content (AvgIpc) is 2.42. The van der Waals surface area contributed by atoms with Gasteiger partial charge in [0.15, 0.2) is 0 Å². The Morgan fingerprint density at radius 1 is 0.762 bits per heavy atom. The molecule has 2 aliphatic heterocycles. The Morgan fingerprint density at radius 2 is 1.14 bits per heavy atom. The minimum Gasteiger partial charge on any atom is -0.340 e. The lowest BCUT2D eigenvalue weighted by Gasteiger charge is -2.38. The molecule has 0 radical (unpaired) electrons. The fourth-order valence-electron chi connectivity index (χ4n) is 3.14. The minimum absolute atomic E-state index is 0.329. The van der Waals surface area contributed by atoms with Crippen LogP contribution < -0.4 is 0 Å². The number of unbranched alkanes of at least 4 members (excludes halogenated alkanes) is 4. The van der Waals surface area contributed by atoms with Crippen LogP contribution in [-0.2, 0) is 9.59 Å². The molecule has 0 N–H and O–H groups in total. The molecule has 0 aromatic heterocycles. The third-order valence-electron chi connectivity index (χ3n) is 5.06. The zero-order valence-corrected chi connectivity index (χ0v) is 13.6. The maximum atomic E-state index is 11.8. The molecule has 4 nitrogen and oxygen atoms in total. The molecule has 2 saturated heterocycles. The molecule has 120 valence electrons. The van der Waals surface area contributed by atoms with E-state index in [1.165, 1.54) is 0 Å². The first kappa shape index (κ1) is 16.3. The van der Waals surface area contributed by atoms with Crippen molar-refractivity contribution in [2.45, 2.75) is 83.7 Å². The summed E-state index contributed by atoms with van der Waals surface area (Å²) in [5.41, 5.74) is 0. The number of rotatable bonds is 8. The monoisotopic (exact) mass is 294 g/mol. The molecule has 2 atom stereocenters. The molecule has 2 unspecified atom stereocenters. The van der Waals surface area contributed by atoms with Crippen LogP contribution in [0.15, 0.2) is 0 Å². The van der Waals surface area contributed by atoms with Crippen molar-refractivity contribution in [3.8, 4) is 0 Å². The van der Waals surface area contributed by atoms with Gasteiger partial charge in [0.25, 0.3) is 0 Å². The predicted octanol–water partition coefficient (Wildman–Crippen LogP) is 2.96. The van der Waals surface area contributed by atoms with E-state index in [1.54, 1.807) is 0 Å². The molecule has 2 aliphatic rings. The van der Waals surface area contributed by atoms with Gasteiger partial charge in [-0.25, -0.2) is 0 Å². The number of likely N-dealkylation sites (tertiary alicyclic amines) is 2. The van der Waals surface area contributed by atoms with E-state index in [0.717, 1.165) is 58.0 Å². The normalized spacial score (nSPS) is 24.5. The summed E-state index contributed by atoms with van der Waals surface area (Å²) < 4.78 is 0. The van der Waals surface area contributed by atoms with E-state index in [-0.39, 0.29) is 0 Å². The molecule has 0 aromatic rings. The van der Waals surface area contributed by atoms with Crippen LogP contribution in [0.1, 0.15) is 71.6 Å². The van der Waals surface area contributed by atoms with Crippen molar-refractivity contribution in [3.05, 3.63) is 0 Å². The highest BCUT2D eigenvalue weighted by Gasteiger charge is 2.28. The second-order valence-corrected chi connectivity index (χ2v) is 6.72. The standard InChI is InChI=1S/C17H30N2O2/c1-14-10-12-18(14)16(20)8-6-4-3-5-7-9-17(21)19-13-11-15(19)2/h14-15H,3-13H2,1-2H3. The van der Waals surface area contributed by atoms with E-state index < -0.39 is 0 Å². The van der Waals surface area contributed by atoms with Crippen molar-refractivity contribution in [2.24, 2.45) is 0 Å². The smallest absolute Gasteiger partial charge is 0.222 e. The van der Waals surface area contributed by atoms with Crippen LogP contribution in [0.4, 0.5) is 0 Å². The Labute approximate surface area is 128 Å². The van der Waals surface area contributed by atoms with Gasteiger partial charge in [-0.1, -0.05) is 19.3 Å². The number of amides is 2. The third-order valence-corrected chi connectivity index (χ3v) is 5.06. The van der Waals surface area contributed by atoms with Gasteiger partial charge in [-0.3, -0.25) is 9.59 Å². The first-order chi connectivity index (χ1) is 10.1. The Kier molecular flexibility index (Phi) is 6.07. The molecular weight excluding hydrogens is 264 g/mol. The maximum Gasteiger partial charge on any atom is 0.222 e. The highest BCUT2D eigenvalue weighted by atomic mass is 16.2. The molecule has 0 aliphatic carbocycles. The summed E-state index contributed by atoms with van der Waals surface area (Å²) >= 11 is 0. The second-order valence-electron chi connectivity index (χ2n) is 6.72. The summed E-state index contributed by atoms with van der Waals surface area (Å²) in [6.07, 6.45) is 9.10. The first-order valence-electron chi connectivity index (χ1n) is 8.68. The third kappa shape index (κ3) is 4.45. The minimum atomic E-state index is 0.329.